The van der Waals surface area contributed by atoms with Gasteiger partial charge in [0.2, 0.25) is 6.10 Å². The van der Waals surface area contributed by atoms with E-state index in [1.807, 2.05) is 42.5 Å². The van der Waals surface area contributed by atoms with Crippen molar-refractivity contribution in [1.82, 2.24) is 10.4 Å². The van der Waals surface area contributed by atoms with Crippen molar-refractivity contribution < 1.29 is 14.3 Å². The van der Waals surface area contributed by atoms with Crippen LogP contribution in [0.2, 0.25) is 0 Å². The molecule has 0 bridgehead atoms. The van der Waals surface area contributed by atoms with E-state index in [1.165, 1.54) is 6.21 Å². The maximum atomic E-state index is 12.2. The molecule has 0 fully saturated rings. The summed E-state index contributed by atoms with van der Waals surface area (Å²) in [6, 6.07) is 15.3. The Bertz CT molecular complexity index is 941. The summed E-state index contributed by atoms with van der Waals surface area (Å²) in [5, 5.41) is 6.01. The van der Waals surface area contributed by atoms with Gasteiger partial charge in [-0.1, -0.05) is 30.3 Å². The van der Waals surface area contributed by atoms with Gasteiger partial charge in [0.25, 0.3) is 5.91 Å². The Morgan fingerprint density at radius 3 is 2.72 bits per heavy atom. The van der Waals surface area contributed by atoms with Crippen LogP contribution in [0.5, 0.6) is 11.5 Å². The molecule has 0 unspecified atom stereocenters. The molecule has 1 N–H and O–H groups in total. The van der Waals surface area contributed by atoms with Gasteiger partial charge in [-0.15, -0.1) is 0 Å². The topological polar surface area (TPSA) is 72.8 Å². The van der Waals surface area contributed by atoms with Crippen molar-refractivity contribution in [2.45, 2.75) is 6.10 Å². The Balaban J connectivity index is 1.45. The van der Waals surface area contributed by atoms with Crippen molar-refractivity contribution >= 4 is 22.9 Å². The lowest BCUT2D eigenvalue weighted by Crippen LogP contribution is -2.42. The summed E-state index contributed by atoms with van der Waals surface area (Å²) in [5.41, 5.74) is 3.26. The molecule has 2 aromatic carbocycles. The molecular formula is C19H15N3O3. The number of hydrazone groups is 1. The lowest BCUT2D eigenvalue weighted by Gasteiger charge is -2.25. The number of pyridine rings is 1. The molecule has 2 heterocycles. The highest BCUT2D eigenvalue weighted by molar-refractivity contribution is 5.87. The second-order valence-electron chi connectivity index (χ2n) is 5.58. The predicted octanol–water partition coefficient (Wildman–Crippen LogP) is 2.52. The first-order valence-electron chi connectivity index (χ1n) is 7.85. The molecule has 1 aliphatic rings. The molecule has 6 nitrogen and oxygen atoms in total. The fourth-order valence-corrected chi connectivity index (χ4v) is 2.58. The van der Waals surface area contributed by atoms with Gasteiger partial charge >= 0.3 is 0 Å². The minimum atomic E-state index is -0.750. The highest BCUT2D eigenvalue weighted by Crippen LogP contribution is 2.35. The zero-order valence-corrected chi connectivity index (χ0v) is 13.3. The highest BCUT2D eigenvalue weighted by atomic mass is 16.6. The van der Waals surface area contributed by atoms with Crippen LogP contribution in [-0.4, -0.2) is 29.8 Å². The van der Waals surface area contributed by atoms with E-state index in [0.717, 1.165) is 16.3 Å². The fraction of sp³-hybridized carbons (Fsp3) is 0.105. The lowest BCUT2D eigenvalue weighted by atomic mass is 10.1. The quantitative estimate of drug-likeness (QED) is 0.590. The average molecular weight is 333 g/mol. The molecule has 0 spiro atoms. The maximum absolute atomic E-state index is 12.2. The molecule has 6 heteroatoms. The number of fused-ring (bicyclic) bond motifs is 2. The molecule has 3 aromatic rings. The molecular weight excluding hydrogens is 318 g/mol. The summed E-state index contributed by atoms with van der Waals surface area (Å²) in [5.74, 6) is 0.835. The molecule has 1 aliphatic heterocycles. The zero-order chi connectivity index (χ0) is 17.1. The monoisotopic (exact) mass is 333 g/mol. The minimum Gasteiger partial charge on any atom is -0.485 e. The number of hydrogen-bond donors (Lipinski definition) is 1. The van der Waals surface area contributed by atoms with E-state index >= 15 is 0 Å². The van der Waals surface area contributed by atoms with Gasteiger partial charge in [-0.2, -0.15) is 5.10 Å². The highest BCUT2D eigenvalue weighted by Gasteiger charge is 2.27. The Labute approximate surface area is 144 Å². The number of rotatable bonds is 3. The summed E-state index contributed by atoms with van der Waals surface area (Å²) in [4.78, 5) is 16.2. The average Bonchev–Trinajstić information content (AvgIpc) is 2.66. The second kappa shape index (κ2) is 6.60. The summed E-state index contributed by atoms with van der Waals surface area (Å²) in [7, 11) is 0. The number of aromatic nitrogens is 1. The van der Waals surface area contributed by atoms with E-state index in [9.17, 15) is 4.79 Å². The summed E-state index contributed by atoms with van der Waals surface area (Å²) < 4.78 is 11.5. The van der Waals surface area contributed by atoms with Gasteiger partial charge in [0, 0.05) is 18.0 Å². The standard InChI is InChI=1S/C19H15N3O3/c23-19(22-21-11-13-4-3-7-20-10-13)18-12-24-16-8-14-5-1-2-6-15(14)9-17(16)25-18/h1-11,18H,12H2,(H,22,23)/t18-/m0/s1. The zero-order valence-electron chi connectivity index (χ0n) is 13.3. The van der Waals surface area contributed by atoms with Crippen LogP contribution >= 0.6 is 0 Å². The largest absolute Gasteiger partial charge is 0.485 e. The van der Waals surface area contributed by atoms with Crippen LogP contribution in [0.4, 0.5) is 0 Å². The number of ether oxygens (including phenoxy) is 2. The molecule has 25 heavy (non-hydrogen) atoms. The van der Waals surface area contributed by atoms with Crippen LogP contribution < -0.4 is 14.9 Å². The van der Waals surface area contributed by atoms with E-state index in [1.54, 1.807) is 18.5 Å². The molecule has 0 saturated carbocycles. The number of benzene rings is 2. The van der Waals surface area contributed by atoms with Crippen LogP contribution in [0.15, 0.2) is 66.0 Å². The molecule has 0 aliphatic carbocycles. The number of nitrogens with one attached hydrogen (secondary N) is 1. The Kier molecular flexibility index (Phi) is 4.00. The number of amides is 1. The molecule has 124 valence electrons. The second-order valence-corrected chi connectivity index (χ2v) is 5.58. The number of carbonyl (C=O) groups is 1. The lowest BCUT2D eigenvalue weighted by molar-refractivity contribution is -0.130. The van der Waals surface area contributed by atoms with Crippen LogP contribution in [0.3, 0.4) is 0 Å². The van der Waals surface area contributed by atoms with Crippen molar-refractivity contribution in [3.8, 4) is 11.5 Å². The first-order chi connectivity index (χ1) is 12.3. The molecule has 0 radical (unpaired) electrons. The van der Waals surface area contributed by atoms with Crippen LogP contribution in [0, 0.1) is 0 Å². The normalized spacial score (nSPS) is 16.1. The van der Waals surface area contributed by atoms with Crippen molar-refractivity contribution in [3.63, 3.8) is 0 Å². The van der Waals surface area contributed by atoms with Crippen molar-refractivity contribution in [3.05, 3.63) is 66.5 Å². The van der Waals surface area contributed by atoms with Gasteiger partial charge in [0.1, 0.15) is 6.61 Å². The SMILES string of the molecule is O=C(NN=Cc1cccnc1)[C@@H]1COc2cc3ccccc3cc2O1. The third-order valence-electron chi connectivity index (χ3n) is 3.84. The Hall–Kier alpha value is -3.41. The van der Waals surface area contributed by atoms with Gasteiger partial charge in [-0.05, 0) is 29.0 Å². The van der Waals surface area contributed by atoms with E-state index in [4.69, 9.17) is 9.47 Å². The minimum absolute atomic E-state index is 0.138. The fourth-order valence-electron chi connectivity index (χ4n) is 2.58. The van der Waals surface area contributed by atoms with Crippen molar-refractivity contribution in [2.75, 3.05) is 6.61 Å². The summed E-state index contributed by atoms with van der Waals surface area (Å²) >= 11 is 0. The first-order valence-corrected chi connectivity index (χ1v) is 7.85. The Morgan fingerprint density at radius 1 is 1.16 bits per heavy atom. The van der Waals surface area contributed by atoms with Crippen LogP contribution in [-0.2, 0) is 4.79 Å². The van der Waals surface area contributed by atoms with E-state index < -0.39 is 6.10 Å². The van der Waals surface area contributed by atoms with Gasteiger partial charge in [-0.3, -0.25) is 9.78 Å². The third-order valence-corrected chi connectivity index (χ3v) is 3.84. The van der Waals surface area contributed by atoms with E-state index in [-0.39, 0.29) is 12.5 Å². The smallest absolute Gasteiger partial charge is 0.284 e. The number of carbonyl (C=O) groups excluding carboxylic acids is 1. The van der Waals surface area contributed by atoms with Gasteiger partial charge in [0.05, 0.1) is 6.21 Å². The van der Waals surface area contributed by atoms with Crippen LogP contribution in [0.25, 0.3) is 10.8 Å². The molecule has 1 amide bonds. The van der Waals surface area contributed by atoms with Crippen LogP contribution in [0.1, 0.15) is 5.56 Å². The number of hydrogen-bond acceptors (Lipinski definition) is 5. The molecule has 4 rings (SSSR count). The summed E-state index contributed by atoms with van der Waals surface area (Å²) in [6.45, 7) is 0.138. The first kappa shape index (κ1) is 15.1. The summed E-state index contributed by atoms with van der Waals surface area (Å²) in [6.07, 6.45) is 4.09. The number of nitrogens with zero attached hydrogens (tertiary/aromatic N) is 2. The molecule has 0 saturated heterocycles. The van der Waals surface area contributed by atoms with Gasteiger partial charge in [-0.25, -0.2) is 5.43 Å². The molecule has 1 atom stereocenters. The Morgan fingerprint density at radius 2 is 1.96 bits per heavy atom. The molecule has 1 aromatic heterocycles. The van der Waals surface area contributed by atoms with E-state index in [2.05, 4.69) is 15.5 Å². The van der Waals surface area contributed by atoms with Crippen molar-refractivity contribution in [1.29, 1.82) is 0 Å². The van der Waals surface area contributed by atoms with E-state index in [0.29, 0.717) is 11.5 Å². The van der Waals surface area contributed by atoms with Gasteiger partial charge < -0.3 is 9.47 Å². The third kappa shape index (κ3) is 3.28. The van der Waals surface area contributed by atoms with Gasteiger partial charge in [0.15, 0.2) is 11.5 Å². The maximum Gasteiger partial charge on any atom is 0.284 e. The predicted molar refractivity (Wildman–Crippen MR) is 93.8 cm³/mol. The van der Waals surface area contributed by atoms with Crippen molar-refractivity contribution in [2.24, 2.45) is 5.10 Å².